The van der Waals surface area contributed by atoms with Crippen molar-refractivity contribution >= 4 is 11.3 Å². The van der Waals surface area contributed by atoms with E-state index >= 15 is 0 Å². The second-order valence-electron chi connectivity index (χ2n) is 4.24. The Morgan fingerprint density at radius 1 is 1.28 bits per heavy atom. The molecule has 18 heavy (non-hydrogen) atoms. The van der Waals surface area contributed by atoms with E-state index < -0.39 is 0 Å². The van der Waals surface area contributed by atoms with Crippen molar-refractivity contribution in [2.45, 2.75) is 26.9 Å². The number of hydrogen-bond acceptors (Lipinski definition) is 4. The summed E-state index contributed by atoms with van der Waals surface area (Å²) in [5.41, 5.74) is 3.25. The second-order valence-corrected chi connectivity index (χ2v) is 5.18. The average molecular weight is 263 g/mol. The summed E-state index contributed by atoms with van der Waals surface area (Å²) < 4.78 is 5.69. The summed E-state index contributed by atoms with van der Waals surface area (Å²) in [5.74, 6) is 0.900. The van der Waals surface area contributed by atoms with E-state index in [-0.39, 0.29) is 6.61 Å². The van der Waals surface area contributed by atoms with Gasteiger partial charge in [0, 0.05) is 11.8 Å². The molecule has 0 unspecified atom stereocenters. The molecule has 1 N–H and O–H groups in total. The minimum Gasteiger partial charge on any atom is -0.493 e. The average Bonchev–Trinajstić information content (AvgIpc) is 2.82. The van der Waals surface area contributed by atoms with Gasteiger partial charge in [-0.1, -0.05) is 6.07 Å². The molecule has 0 radical (unpaired) electrons. The van der Waals surface area contributed by atoms with Crippen molar-refractivity contribution < 1.29 is 9.84 Å². The largest absolute Gasteiger partial charge is 0.493 e. The number of aliphatic hydroxyl groups is 1. The van der Waals surface area contributed by atoms with E-state index in [1.54, 1.807) is 11.3 Å². The predicted octanol–water partition coefficient (Wildman–Crippen LogP) is 2.87. The maximum absolute atomic E-state index is 8.92. The Morgan fingerprint density at radius 3 is 2.78 bits per heavy atom. The van der Waals surface area contributed by atoms with Crippen LogP contribution in [-0.2, 0) is 13.0 Å². The van der Waals surface area contributed by atoms with Gasteiger partial charge < -0.3 is 9.84 Å². The van der Waals surface area contributed by atoms with Gasteiger partial charge in [-0.15, -0.1) is 11.3 Å². The van der Waals surface area contributed by atoms with Gasteiger partial charge in [0.2, 0.25) is 0 Å². The fourth-order valence-electron chi connectivity index (χ4n) is 1.60. The van der Waals surface area contributed by atoms with Crippen molar-refractivity contribution in [3.8, 4) is 5.75 Å². The Morgan fingerprint density at radius 2 is 2.11 bits per heavy atom. The quantitative estimate of drug-likeness (QED) is 0.902. The standard InChI is InChI=1S/C14H17NO2S/c1-10-3-4-13(7-11(10)2)17-6-5-14-15-12(8-16)9-18-14/h3-4,7,9,16H,5-6,8H2,1-2H3. The van der Waals surface area contributed by atoms with Gasteiger partial charge in [-0.25, -0.2) is 4.98 Å². The predicted molar refractivity (Wildman–Crippen MR) is 73.2 cm³/mol. The van der Waals surface area contributed by atoms with Crippen molar-refractivity contribution in [1.82, 2.24) is 4.98 Å². The van der Waals surface area contributed by atoms with Crippen LogP contribution in [0.2, 0.25) is 0 Å². The Hall–Kier alpha value is -1.39. The van der Waals surface area contributed by atoms with Crippen molar-refractivity contribution in [1.29, 1.82) is 0 Å². The molecule has 0 bridgehead atoms. The molecule has 0 fully saturated rings. The summed E-state index contributed by atoms with van der Waals surface area (Å²) in [4.78, 5) is 4.28. The van der Waals surface area contributed by atoms with E-state index in [0.29, 0.717) is 6.61 Å². The van der Waals surface area contributed by atoms with Crippen LogP contribution in [0.15, 0.2) is 23.6 Å². The van der Waals surface area contributed by atoms with E-state index in [9.17, 15) is 0 Å². The topological polar surface area (TPSA) is 42.4 Å². The molecule has 1 aromatic carbocycles. The Labute approximate surface area is 111 Å². The smallest absolute Gasteiger partial charge is 0.119 e. The molecule has 2 aromatic rings. The highest BCUT2D eigenvalue weighted by Gasteiger charge is 2.02. The highest BCUT2D eigenvalue weighted by atomic mass is 32.1. The van der Waals surface area contributed by atoms with Crippen molar-refractivity contribution in [3.63, 3.8) is 0 Å². The van der Waals surface area contributed by atoms with Gasteiger partial charge in [0.25, 0.3) is 0 Å². The zero-order chi connectivity index (χ0) is 13.0. The van der Waals surface area contributed by atoms with Crippen LogP contribution < -0.4 is 4.74 Å². The third-order valence-electron chi connectivity index (χ3n) is 2.82. The summed E-state index contributed by atoms with van der Waals surface area (Å²) >= 11 is 1.56. The number of ether oxygens (including phenoxy) is 1. The molecule has 1 heterocycles. The van der Waals surface area contributed by atoms with Gasteiger partial charge in [0.15, 0.2) is 0 Å². The van der Waals surface area contributed by atoms with Gasteiger partial charge >= 0.3 is 0 Å². The Kier molecular flexibility index (Phi) is 4.33. The molecule has 0 aliphatic carbocycles. The lowest BCUT2D eigenvalue weighted by atomic mass is 10.1. The van der Waals surface area contributed by atoms with Gasteiger partial charge in [0.05, 0.1) is 23.9 Å². The highest BCUT2D eigenvalue weighted by Crippen LogP contribution is 2.17. The molecule has 0 saturated carbocycles. The number of rotatable bonds is 5. The first-order valence-corrected chi connectivity index (χ1v) is 6.81. The number of hydrogen-bond donors (Lipinski definition) is 1. The maximum Gasteiger partial charge on any atom is 0.119 e. The number of aromatic nitrogens is 1. The SMILES string of the molecule is Cc1ccc(OCCc2nc(CO)cs2)cc1C. The fourth-order valence-corrected chi connectivity index (χ4v) is 2.37. The van der Waals surface area contributed by atoms with Gasteiger partial charge in [0.1, 0.15) is 5.75 Å². The van der Waals surface area contributed by atoms with Crippen LogP contribution >= 0.6 is 11.3 Å². The van der Waals surface area contributed by atoms with Gasteiger partial charge in [-0.05, 0) is 37.1 Å². The molecule has 0 spiro atoms. The Balaban J connectivity index is 1.86. The molecule has 0 atom stereocenters. The molecular formula is C14H17NO2S. The molecule has 4 heteroatoms. The third-order valence-corrected chi connectivity index (χ3v) is 3.78. The first-order chi connectivity index (χ1) is 8.69. The summed E-state index contributed by atoms with van der Waals surface area (Å²) in [7, 11) is 0. The minimum absolute atomic E-state index is 0.00845. The summed E-state index contributed by atoms with van der Waals surface area (Å²) in [6, 6.07) is 6.11. The fraction of sp³-hybridized carbons (Fsp3) is 0.357. The first kappa shape index (κ1) is 13.1. The van der Waals surface area contributed by atoms with Crippen LogP contribution in [0.4, 0.5) is 0 Å². The van der Waals surface area contributed by atoms with Crippen molar-refractivity contribution in [3.05, 3.63) is 45.4 Å². The molecule has 0 aliphatic heterocycles. The molecule has 2 rings (SSSR count). The van der Waals surface area contributed by atoms with Crippen molar-refractivity contribution in [2.75, 3.05) is 6.61 Å². The first-order valence-electron chi connectivity index (χ1n) is 5.93. The molecule has 0 amide bonds. The van der Waals surface area contributed by atoms with E-state index in [0.717, 1.165) is 22.9 Å². The summed E-state index contributed by atoms with van der Waals surface area (Å²) in [6.07, 6.45) is 0.775. The maximum atomic E-state index is 8.92. The number of aryl methyl sites for hydroxylation is 2. The van der Waals surface area contributed by atoms with Gasteiger partial charge in [-0.3, -0.25) is 0 Å². The molecular weight excluding hydrogens is 246 g/mol. The van der Waals surface area contributed by atoms with Crippen LogP contribution in [0.1, 0.15) is 21.8 Å². The highest BCUT2D eigenvalue weighted by molar-refractivity contribution is 7.09. The Bertz CT molecular complexity index is 522. The van der Waals surface area contributed by atoms with Gasteiger partial charge in [-0.2, -0.15) is 0 Å². The van der Waals surface area contributed by atoms with E-state index in [1.807, 2.05) is 11.4 Å². The zero-order valence-corrected chi connectivity index (χ0v) is 11.5. The molecule has 0 aliphatic rings. The number of aliphatic hydroxyl groups excluding tert-OH is 1. The lowest BCUT2D eigenvalue weighted by Gasteiger charge is -2.07. The third kappa shape index (κ3) is 3.31. The summed E-state index contributed by atoms with van der Waals surface area (Å²) in [6.45, 7) is 4.79. The van der Waals surface area contributed by atoms with Crippen LogP contribution in [0, 0.1) is 13.8 Å². The lowest BCUT2D eigenvalue weighted by Crippen LogP contribution is -2.01. The second kappa shape index (κ2) is 5.98. The lowest BCUT2D eigenvalue weighted by molar-refractivity contribution is 0.277. The molecule has 3 nitrogen and oxygen atoms in total. The number of thiazole rings is 1. The van der Waals surface area contributed by atoms with Crippen LogP contribution in [0.3, 0.4) is 0 Å². The number of nitrogens with zero attached hydrogens (tertiary/aromatic N) is 1. The van der Waals surface area contributed by atoms with E-state index in [1.165, 1.54) is 11.1 Å². The van der Waals surface area contributed by atoms with Crippen molar-refractivity contribution in [2.24, 2.45) is 0 Å². The normalized spacial score (nSPS) is 10.6. The molecule has 1 aromatic heterocycles. The monoisotopic (exact) mass is 263 g/mol. The van der Waals surface area contributed by atoms with E-state index in [2.05, 4.69) is 31.0 Å². The molecule has 0 saturated heterocycles. The molecule has 96 valence electrons. The van der Waals surface area contributed by atoms with Crippen LogP contribution in [-0.4, -0.2) is 16.7 Å². The zero-order valence-electron chi connectivity index (χ0n) is 10.6. The van der Waals surface area contributed by atoms with Crippen LogP contribution in [0.25, 0.3) is 0 Å². The minimum atomic E-state index is 0.00845. The van der Waals surface area contributed by atoms with Crippen LogP contribution in [0.5, 0.6) is 5.75 Å². The number of benzene rings is 1. The van der Waals surface area contributed by atoms with E-state index in [4.69, 9.17) is 9.84 Å². The summed E-state index contributed by atoms with van der Waals surface area (Å²) in [5, 5.41) is 11.8.